The molecule has 0 saturated carbocycles. The van der Waals surface area contributed by atoms with Crippen LogP contribution >= 0.6 is 48.0 Å². The molecule has 76 valence electrons. The van der Waals surface area contributed by atoms with Crippen molar-refractivity contribution in [2.75, 3.05) is 5.73 Å². The van der Waals surface area contributed by atoms with E-state index in [1.54, 1.807) is 0 Å². The largest absolute Gasteiger partial charge is 0.398 e. The lowest BCUT2D eigenvalue weighted by atomic mass is 10.2. The summed E-state index contributed by atoms with van der Waals surface area (Å²) in [6.45, 7) is 1.95. The molecule has 0 aliphatic heterocycles. The molecule has 0 bridgehead atoms. The van der Waals surface area contributed by atoms with E-state index in [1.807, 2.05) is 37.3 Å². The Morgan fingerprint density at radius 2 is 1.79 bits per heavy atom. The van der Waals surface area contributed by atoms with Crippen LogP contribution in [0.5, 0.6) is 0 Å². The summed E-state index contributed by atoms with van der Waals surface area (Å²) < 4.78 is 0. The van der Waals surface area contributed by atoms with Crippen molar-refractivity contribution in [2.45, 2.75) is 6.92 Å². The summed E-state index contributed by atoms with van der Waals surface area (Å²) >= 11 is 0. The number of halogens is 2. The summed E-state index contributed by atoms with van der Waals surface area (Å²) in [5.41, 5.74) is 8.55. The van der Waals surface area contributed by atoms with Gasteiger partial charge in [-0.05, 0) is 19.1 Å². The Kier molecular flexibility index (Phi) is 5.65. The number of rotatable bonds is 0. The van der Waals surface area contributed by atoms with E-state index in [1.165, 1.54) is 0 Å². The monoisotopic (exact) mass is 414 g/mol. The zero-order chi connectivity index (χ0) is 8.55. The minimum atomic E-state index is 0. The molecule has 0 atom stereocenters. The number of fused-ring (bicyclic) bond motifs is 1. The average molecular weight is 414 g/mol. The normalized spacial score (nSPS) is 8.93. The zero-order valence-corrected chi connectivity index (χ0v) is 12.4. The molecular weight excluding hydrogens is 402 g/mol. The first-order chi connectivity index (χ1) is 5.77. The number of benzene rings is 1. The molecule has 0 radical (unpaired) electrons. The fourth-order valence-electron chi connectivity index (χ4n) is 1.34. The van der Waals surface area contributed by atoms with Crippen LogP contribution in [0, 0.1) is 6.92 Å². The molecule has 1 heterocycles. The number of nitrogen functional groups attached to an aromatic ring is 1. The van der Waals surface area contributed by atoms with Gasteiger partial charge in [0.05, 0.1) is 5.52 Å². The number of nitrogens with two attached hydrogens (primary N) is 1. The SMILES string of the molecule is Cc1cc(N)c2ccccc2n1.I.I. The van der Waals surface area contributed by atoms with Crippen LogP contribution in [-0.4, -0.2) is 4.98 Å². The van der Waals surface area contributed by atoms with Gasteiger partial charge in [0.25, 0.3) is 0 Å². The number of hydrogen-bond acceptors (Lipinski definition) is 2. The van der Waals surface area contributed by atoms with Crippen molar-refractivity contribution in [1.29, 1.82) is 0 Å². The molecular formula is C10H12I2N2. The molecule has 0 spiro atoms. The number of aromatic nitrogens is 1. The number of pyridine rings is 1. The molecule has 0 unspecified atom stereocenters. The van der Waals surface area contributed by atoms with Gasteiger partial charge in [-0.25, -0.2) is 0 Å². The summed E-state index contributed by atoms with van der Waals surface area (Å²) in [4.78, 5) is 4.36. The molecule has 1 aromatic heterocycles. The van der Waals surface area contributed by atoms with Gasteiger partial charge >= 0.3 is 0 Å². The minimum Gasteiger partial charge on any atom is -0.398 e. The average Bonchev–Trinajstić information content (AvgIpc) is 2.04. The van der Waals surface area contributed by atoms with Crippen molar-refractivity contribution >= 4 is 64.5 Å². The predicted molar refractivity (Wildman–Crippen MR) is 81.7 cm³/mol. The highest BCUT2D eigenvalue weighted by Crippen LogP contribution is 2.19. The molecule has 2 rings (SSSR count). The standard InChI is InChI=1S/C10H10N2.2HI/c1-7-6-9(11)8-4-2-3-5-10(8)12-7;;/h2-6H,1H3,(H2,11,12);2*1H. The van der Waals surface area contributed by atoms with Crippen LogP contribution < -0.4 is 5.73 Å². The molecule has 2 aromatic rings. The van der Waals surface area contributed by atoms with Crippen LogP contribution in [0.1, 0.15) is 5.69 Å². The van der Waals surface area contributed by atoms with Crippen LogP contribution in [0.3, 0.4) is 0 Å². The lowest BCUT2D eigenvalue weighted by Gasteiger charge is -2.01. The third kappa shape index (κ3) is 2.69. The first kappa shape index (κ1) is 13.9. The Morgan fingerprint density at radius 3 is 2.50 bits per heavy atom. The molecule has 14 heavy (non-hydrogen) atoms. The van der Waals surface area contributed by atoms with Crippen LogP contribution in [0.25, 0.3) is 10.9 Å². The van der Waals surface area contributed by atoms with Gasteiger partial charge in [0, 0.05) is 16.8 Å². The Morgan fingerprint density at radius 1 is 1.14 bits per heavy atom. The number of nitrogens with zero attached hydrogens (tertiary/aromatic N) is 1. The lowest BCUT2D eigenvalue weighted by Crippen LogP contribution is -1.91. The van der Waals surface area contributed by atoms with Crippen LogP contribution in [-0.2, 0) is 0 Å². The van der Waals surface area contributed by atoms with E-state index in [-0.39, 0.29) is 48.0 Å². The first-order valence-corrected chi connectivity index (χ1v) is 3.89. The maximum atomic E-state index is 5.82. The quantitative estimate of drug-likeness (QED) is 0.672. The molecule has 2 N–H and O–H groups in total. The minimum absolute atomic E-state index is 0. The van der Waals surface area contributed by atoms with Crippen molar-refractivity contribution in [1.82, 2.24) is 4.98 Å². The third-order valence-electron chi connectivity index (χ3n) is 1.88. The van der Waals surface area contributed by atoms with E-state index in [0.717, 1.165) is 22.3 Å². The summed E-state index contributed by atoms with van der Waals surface area (Å²) in [6, 6.07) is 9.78. The molecule has 4 heteroatoms. The van der Waals surface area contributed by atoms with Gasteiger partial charge in [0.15, 0.2) is 0 Å². The molecule has 0 fully saturated rings. The van der Waals surface area contributed by atoms with Gasteiger partial charge in [-0.15, -0.1) is 48.0 Å². The van der Waals surface area contributed by atoms with Crippen LogP contribution in [0.2, 0.25) is 0 Å². The maximum Gasteiger partial charge on any atom is 0.0725 e. The maximum absolute atomic E-state index is 5.82. The van der Waals surface area contributed by atoms with Gasteiger partial charge in [-0.3, -0.25) is 4.98 Å². The van der Waals surface area contributed by atoms with Crippen molar-refractivity contribution in [3.8, 4) is 0 Å². The second kappa shape index (κ2) is 5.69. The molecule has 2 nitrogen and oxygen atoms in total. The highest BCUT2D eigenvalue weighted by atomic mass is 127. The smallest absolute Gasteiger partial charge is 0.0725 e. The Bertz CT molecular complexity index is 429. The summed E-state index contributed by atoms with van der Waals surface area (Å²) in [7, 11) is 0. The summed E-state index contributed by atoms with van der Waals surface area (Å²) in [6.07, 6.45) is 0. The van der Waals surface area contributed by atoms with Gasteiger partial charge in [0.1, 0.15) is 0 Å². The first-order valence-electron chi connectivity index (χ1n) is 3.89. The number of anilines is 1. The van der Waals surface area contributed by atoms with E-state index in [4.69, 9.17) is 5.73 Å². The van der Waals surface area contributed by atoms with E-state index in [0.29, 0.717) is 0 Å². The Hall–Kier alpha value is -0.110. The summed E-state index contributed by atoms with van der Waals surface area (Å²) in [5.74, 6) is 0. The van der Waals surface area contributed by atoms with Crippen molar-refractivity contribution in [3.05, 3.63) is 36.0 Å². The fourth-order valence-corrected chi connectivity index (χ4v) is 1.34. The molecule has 0 amide bonds. The predicted octanol–water partition coefficient (Wildman–Crippen LogP) is 3.36. The second-order valence-electron chi connectivity index (χ2n) is 2.87. The van der Waals surface area contributed by atoms with E-state index in [9.17, 15) is 0 Å². The molecule has 0 saturated heterocycles. The number of hydrogen-bond donors (Lipinski definition) is 1. The fraction of sp³-hybridized carbons (Fsp3) is 0.100. The zero-order valence-electron chi connectivity index (χ0n) is 7.73. The number of para-hydroxylation sites is 1. The van der Waals surface area contributed by atoms with Crippen molar-refractivity contribution < 1.29 is 0 Å². The third-order valence-corrected chi connectivity index (χ3v) is 1.88. The lowest BCUT2D eigenvalue weighted by molar-refractivity contribution is 1.26. The van der Waals surface area contributed by atoms with E-state index < -0.39 is 0 Å². The second-order valence-corrected chi connectivity index (χ2v) is 2.87. The Balaban J connectivity index is 0.000000845. The van der Waals surface area contributed by atoms with Gasteiger partial charge in [-0.2, -0.15) is 0 Å². The highest BCUT2D eigenvalue weighted by molar-refractivity contribution is 14.0. The Labute approximate surface area is 117 Å². The van der Waals surface area contributed by atoms with Crippen molar-refractivity contribution in [2.24, 2.45) is 0 Å². The van der Waals surface area contributed by atoms with Gasteiger partial charge in [-0.1, -0.05) is 18.2 Å². The highest BCUT2D eigenvalue weighted by Gasteiger charge is 1.97. The van der Waals surface area contributed by atoms with Gasteiger partial charge < -0.3 is 5.73 Å². The van der Waals surface area contributed by atoms with Crippen molar-refractivity contribution in [3.63, 3.8) is 0 Å². The molecule has 1 aromatic carbocycles. The van der Waals surface area contributed by atoms with Crippen LogP contribution in [0.15, 0.2) is 30.3 Å². The topological polar surface area (TPSA) is 38.9 Å². The molecule has 0 aliphatic carbocycles. The summed E-state index contributed by atoms with van der Waals surface area (Å²) in [5, 5.41) is 1.03. The van der Waals surface area contributed by atoms with Crippen LogP contribution in [0.4, 0.5) is 5.69 Å². The van der Waals surface area contributed by atoms with Gasteiger partial charge in [0.2, 0.25) is 0 Å². The van der Waals surface area contributed by atoms with E-state index >= 15 is 0 Å². The number of aryl methyl sites for hydroxylation is 1. The van der Waals surface area contributed by atoms with E-state index in [2.05, 4.69) is 4.98 Å². The molecule has 0 aliphatic rings.